The first kappa shape index (κ1) is 10.4. The van der Waals surface area contributed by atoms with Gasteiger partial charge >= 0.3 is 0 Å². The number of nitrogens with one attached hydrogen (secondary N) is 1. The van der Waals surface area contributed by atoms with Crippen LogP contribution in [0.3, 0.4) is 0 Å². The first-order valence-corrected chi connectivity index (χ1v) is 5.64. The SMILES string of the molecule is C=C1C(=O)N[C@H](c2ccc(Br)cc2)[C@@H]1C. The topological polar surface area (TPSA) is 29.1 Å². The molecule has 2 rings (SSSR count). The molecule has 1 aromatic carbocycles. The van der Waals surface area contributed by atoms with E-state index >= 15 is 0 Å². The molecule has 1 fully saturated rings. The van der Waals surface area contributed by atoms with Crippen LogP contribution in [0.1, 0.15) is 18.5 Å². The van der Waals surface area contributed by atoms with Gasteiger partial charge in [-0.25, -0.2) is 0 Å². The maximum absolute atomic E-state index is 11.4. The lowest BCUT2D eigenvalue weighted by Gasteiger charge is -2.15. The fourth-order valence-corrected chi connectivity index (χ4v) is 2.07. The van der Waals surface area contributed by atoms with Crippen molar-refractivity contribution in [1.29, 1.82) is 0 Å². The Bertz CT molecular complexity index is 410. The van der Waals surface area contributed by atoms with Crippen LogP contribution in [-0.2, 0) is 4.79 Å². The Morgan fingerprint density at radius 3 is 2.40 bits per heavy atom. The van der Waals surface area contributed by atoms with Gasteiger partial charge in [-0.1, -0.05) is 41.6 Å². The average Bonchev–Trinajstić information content (AvgIpc) is 2.47. The smallest absolute Gasteiger partial charge is 0.247 e. The van der Waals surface area contributed by atoms with Crippen molar-refractivity contribution in [1.82, 2.24) is 5.32 Å². The lowest BCUT2D eigenvalue weighted by atomic mass is 9.93. The van der Waals surface area contributed by atoms with Gasteiger partial charge in [0.05, 0.1) is 6.04 Å². The van der Waals surface area contributed by atoms with Crippen LogP contribution in [0.2, 0.25) is 0 Å². The number of amides is 1. The first-order valence-electron chi connectivity index (χ1n) is 4.84. The highest BCUT2D eigenvalue weighted by atomic mass is 79.9. The van der Waals surface area contributed by atoms with Gasteiger partial charge in [0.15, 0.2) is 0 Å². The fraction of sp³-hybridized carbons (Fsp3) is 0.250. The van der Waals surface area contributed by atoms with Crippen LogP contribution in [0.15, 0.2) is 40.9 Å². The van der Waals surface area contributed by atoms with E-state index in [-0.39, 0.29) is 17.9 Å². The molecule has 1 N–H and O–H groups in total. The Kier molecular flexibility index (Phi) is 2.65. The van der Waals surface area contributed by atoms with E-state index in [1.165, 1.54) is 0 Å². The minimum absolute atomic E-state index is 0.0320. The Morgan fingerprint density at radius 2 is 1.93 bits per heavy atom. The first-order chi connectivity index (χ1) is 7.09. The summed E-state index contributed by atoms with van der Waals surface area (Å²) in [6, 6.07) is 8.07. The monoisotopic (exact) mass is 265 g/mol. The molecule has 2 nitrogen and oxygen atoms in total. The molecule has 0 aliphatic carbocycles. The molecule has 0 bridgehead atoms. The molecular weight excluding hydrogens is 254 g/mol. The average molecular weight is 266 g/mol. The number of carbonyl (C=O) groups is 1. The van der Waals surface area contributed by atoms with Crippen molar-refractivity contribution < 1.29 is 4.79 Å². The second-order valence-electron chi connectivity index (χ2n) is 3.82. The van der Waals surface area contributed by atoms with Crippen LogP contribution in [-0.4, -0.2) is 5.91 Å². The van der Waals surface area contributed by atoms with Gasteiger partial charge in [0.2, 0.25) is 5.91 Å². The van der Waals surface area contributed by atoms with Crippen molar-refractivity contribution in [2.24, 2.45) is 5.92 Å². The highest BCUT2D eigenvalue weighted by Crippen LogP contribution is 2.32. The number of halogens is 1. The number of hydrogen-bond donors (Lipinski definition) is 1. The van der Waals surface area contributed by atoms with E-state index in [0.29, 0.717) is 5.57 Å². The highest BCUT2D eigenvalue weighted by Gasteiger charge is 2.33. The van der Waals surface area contributed by atoms with Crippen molar-refractivity contribution >= 4 is 21.8 Å². The molecule has 15 heavy (non-hydrogen) atoms. The van der Waals surface area contributed by atoms with Crippen LogP contribution >= 0.6 is 15.9 Å². The van der Waals surface area contributed by atoms with Crippen molar-refractivity contribution in [3.05, 3.63) is 46.5 Å². The summed E-state index contributed by atoms with van der Waals surface area (Å²) in [4.78, 5) is 11.4. The van der Waals surface area contributed by atoms with E-state index in [4.69, 9.17) is 0 Å². The van der Waals surface area contributed by atoms with E-state index in [2.05, 4.69) is 27.8 Å². The number of carbonyl (C=O) groups excluding carboxylic acids is 1. The van der Waals surface area contributed by atoms with Gasteiger partial charge in [-0.05, 0) is 17.7 Å². The third kappa shape index (κ3) is 1.84. The molecule has 0 spiro atoms. The van der Waals surface area contributed by atoms with E-state index in [1.807, 2.05) is 31.2 Å². The van der Waals surface area contributed by atoms with Gasteiger partial charge < -0.3 is 5.32 Å². The normalized spacial score (nSPS) is 25.5. The van der Waals surface area contributed by atoms with Gasteiger partial charge in [0.25, 0.3) is 0 Å². The zero-order chi connectivity index (χ0) is 11.0. The minimum atomic E-state index is -0.0320. The molecule has 3 heteroatoms. The Hall–Kier alpha value is -1.09. The summed E-state index contributed by atoms with van der Waals surface area (Å²) in [5.41, 5.74) is 1.79. The molecular formula is C12H12BrNO. The van der Waals surface area contributed by atoms with Crippen molar-refractivity contribution in [2.45, 2.75) is 13.0 Å². The van der Waals surface area contributed by atoms with Crippen LogP contribution in [0.4, 0.5) is 0 Å². The predicted molar refractivity (Wildman–Crippen MR) is 63.3 cm³/mol. The molecule has 0 unspecified atom stereocenters. The molecule has 1 aliphatic heterocycles. The summed E-state index contributed by atoms with van der Waals surface area (Å²) in [6.07, 6.45) is 0. The summed E-state index contributed by atoms with van der Waals surface area (Å²) >= 11 is 3.39. The molecule has 1 aliphatic rings. The number of benzene rings is 1. The Morgan fingerprint density at radius 1 is 1.33 bits per heavy atom. The van der Waals surface area contributed by atoms with Gasteiger partial charge in [-0.15, -0.1) is 0 Å². The van der Waals surface area contributed by atoms with E-state index in [9.17, 15) is 4.79 Å². The molecule has 0 aromatic heterocycles. The second-order valence-corrected chi connectivity index (χ2v) is 4.73. The summed E-state index contributed by atoms with van der Waals surface area (Å²) in [7, 11) is 0. The summed E-state index contributed by atoms with van der Waals surface area (Å²) in [5, 5.41) is 2.94. The lowest BCUT2D eigenvalue weighted by molar-refractivity contribution is -0.116. The highest BCUT2D eigenvalue weighted by molar-refractivity contribution is 9.10. The zero-order valence-electron chi connectivity index (χ0n) is 8.46. The summed E-state index contributed by atoms with van der Waals surface area (Å²) in [5.74, 6) is 0.133. The van der Waals surface area contributed by atoms with E-state index < -0.39 is 0 Å². The lowest BCUT2D eigenvalue weighted by Crippen LogP contribution is -2.20. The third-order valence-electron chi connectivity index (χ3n) is 2.86. The van der Waals surface area contributed by atoms with Crippen LogP contribution in [0.5, 0.6) is 0 Å². The molecule has 0 radical (unpaired) electrons. The molecule has 1 aromatic rings. The molecule has 1 saturated heterocycles. The van der Waals surface area contributed by atoms with Crippen LogP contribution in [0, 0.1) is 5.92 Å². The quantitative estimate of drug-likeness (QED) is 0.778. The predicted octanol–water partition coefficient (Wildman–Crippen LogP) is 2.81. The Labute approximate surface area is 97.5 Å². The van der Waals surface area contributed by atoms with E-state index in [1.54, 1.807) is 0 Å². The van der Waals surface area contributed by atoms with Crippen LogP contribution in [0.25, 0.3) is 0 Å². The maximum Gasteiger partial charge on any atom is 0.247 e. The maximum atomic E-state index is 11.4. The second kappa shape index (κ2) is 3.81. The number of rotatable bonds is 1. The molecule has 1 amide bonds. The standard InChI is InChI=1S/C12H12BrNO/c1-7-8(2)12(15)14-11(7)9-3-5-10(13)6-4-9/h3-7,11H,2H2,1H3,(H,14,15)/t7-,11+/m1/s1. The fourth-order valence-electron chi connectivity index (χ4n) is 1.81. The van der Waals surface area contributed by atoms with Gasteiger partial charge in [-0.3, -0.25) is 4.79 Å². The van der Waals surface area contributed by atoms with Crippen LogP contribution < -0.4 is 5.32 Å². The molecule has 1 heterocycles. The summed E-state index contributed by atoms with van der Waals surface area (Å²) in [6.45, 7) is 5.81. The largest absolute Gasteiger partial charge is 0.345 e. The van der Waals surface area contributed by atoms with Gasteiger partial charge in [0.1, 0.15) is 0 Å². The summed E-state index contributed by atoms with van der Waals surface area (Å²) < 4.78 is 1.04. The minimum Gasteiger partial charge on any atom is -0.345 e. The Balaban J connectivity index is 2.29. The van der Waals surface area contributed by atoms with E-state index in [0.717, 1.165) is 10.0 Å². The van der Waals surface area contributed by atoms with Gasteiger partial charge in [0, 0.05) is 16.0 Å². The van der Waals surface area contributed by atoms with Crippen molar-refractivity contribution in [3.63, 3.8) is 0 Å². The number of hydrogen-bond acceptors (Lipinski definition) is 1. The molecule has 2 atom stereocenters. The van der Waals surface area contributed by atoms with Crippen molar-refractivity contribution in [3.8, 4) is 0 Å². The van der Waals surface area contributed by atoms with Crippen molar-refractivity contribution in [2.75, 3.05) is 0 Å². The third-order valence-corrected chi connectivity index (χ3v) is 3.39. The van der Waals surface area contributed by atoms with Gasteiger partial charge in [-0.2, -0.15) is 0 Å². The molecule has 0 saturated carbocycles. The zero-order valence-corrected chi connectivity index (χ0v) is 10.0. The molecule has 78 valence electrons.